The van der Waals surface area contributed by atoms with E-state index in [4.69, 9.17) is 0 Å². The summed E-state index contributed by atoms with van der Waals surface area (Å²) in [5.74, 6) is 0. The molecule has 0 spiro atoms. The van der Waals surface area contributed by atoms with Crippen molar-refractivity contribution >= 4 is 0 Å². The highest BCUT2D eigenvalue weighted by atomic mass is 16.3. The summed E-state index contributed by atoms with van der Waals surface area (Å²) in [6, 6.07) is 10.5. The largest absolute Gasteiger partial charge is 0.389 e. The Morgan fingerprint density at radius 1 is 1.11 bits per heavy atom. The molecule has 0 amide bonds. The zero-order chi connectivity index (χ0) is 13.6. The molecule has 0 aliphatic heterocycles. The molecule has 1 atom stereocenters. The Balaban J connectivity index is 2.40. The molecule has 0 saturated heterocycles. The fourth-order valence-electron chi connectivity index (χ4n) is 1.74. The third-order valence-electron chi connectivity index (χ3n) is 3.59. The molecular weight excluding hydrogens is 222 g/mol. The fourth-order valence-corrected chi connectivity index (χ4v) is 1.74. The van der Waals surface area contributed by atoms with Gasteiger partial charge in [-0.05, 0) is 45.6 Å². The van der Waals surface area contributed by atoms with Crippen LogP contribution in [0.25, 0.3) is 0 Å². The van der Waals surface area contributed by atoms with Gasteiger partial charge in [0.2, 0.25) is 0 Å². The van der Waals surface area contributed by atoms with Crippen LogP contribution in [0.5, 0.6) is 0 Å². The Morgan fingerprint density at radius 2 is 1.72 bits per heavy atom. The van der Waals surface area contributed by atoms with Gasteiger partial charge in [0.05, 0.1) is 5.60 Å². The van der Waals surface area contributed by atoms with Gasteiger partial charge in [-0.3, -0.25) is 0 Å². The van der Waals surface area contributed by atoms with Gasteiger partial charge in [-0.25, -0.2) is 0 Å². The van der Waals surface area contributed by atoms with Gasteiger partial charge < -0.3 is 10.4 Å². The van der Waals surface area contributed by atoms with E-state index in [1.165, 1.54) is 5.56 Å². The first kappa shape index (κ1) is 15.2. The third kappa shape index (κ3) is 5.65. The minimum Gasteiger partial charge on any atom is -0.389 e. The van der Waals surface area contributed by atoms with Crippen molar-refractivity contribution in [1.29, 1.82) is 0 Å². The Kier molecular flexibility index (Phi) is 5.36. The molecule has 1 aromatic rings. The van der Waals surface area contributed by atoms with Gasteiger partial charge in [-0.15, -0.1) is 0 Å². The monoisotopic (exact) mass is 249 g/mol. The maximum atomic E-state index is 10.0. The van der Waals surface area contributed by atoms with Crippen molar-refractivity contribution in [2.45, 2.75) is 58.1 Å². The molecule has 1 rings (SSSR count). The Morgan fingerprint density at radius 3 is 2.28 bits per heavy atom. The van der Waals surface area contributed by atoms with Crippen molar-refractivity contribution in [3.05, 3.63) is 35.9 Å². The van der Waals surface area contributed by atoms with E-state index in [9.17, 15) is 5.11 Å². The summed E-state index contributed by atoms with van der Waals surface area (Å²) >= 11 is 0. The number of nitrogens with one attached hydrogen (secondary N) is 1. The predicted molar refractivity (Wildman–Crippen MR) is 77.8 cm³/mol. The molecule has 0 heterocycles. The zero-order valence-electron chi connectivity index (χ0n) is 12.2. The van der Waals surface area contributed by atoms with E-state index >= 15 is 0 Å². The molecule has 102 valence electrons. The van der Waals surface area contributed by atoms with Crippen molar-refractivity contribution in [1.82, 2.24) is 5.32 Å². The number of aliphatic hydroxyl groups is 1. The summed E-state index contributed by atoms with van der Waals surface area (Å²) in [6.07, 6.45) is 2.90. The van der Waals surface area contributed by atoms with Gasteiger partial charge in [-0.1, -0.05) is 37.3 Å². The van der Waals surface area contributed by atoms with E-state index in [2.05, 4.69) is 43.4 Å². The SMILES string of the molecule is CCC(C)(O)CNC(C)(C)CCc1ccccc1. The van der Waals surface area contributed by atoms with Gasteiger partial charge in [0.15, 0.2) is 0 Å². The molecule has 1 aromatic carbocycles. The lowest BCUT2D eigenvalue weighted by molar-refractivity contribution is 0.0477. The number of hydrogen-bond donors (Lipinski definition) is 2. The van der Waals surface area contributed by atoms with Crippen LogP contribution in [0.2, 0.25) is 0 Å². The predicted octanol–water partition coefficient (Wildman–Crippen LogP) is 3.15. The first-order valence-electron chi connectivity index (χ1n) is 6.86. The smallest absolute Gasteiger partial charge is 0.0741 e. The Labute approximate surface area is 111 Å². The Bertz CT molecular complexity index is 343. The highest BCUT2D eigenvalue weighted by molar-refractivity contribution is 5.15. The highest BCUT2D eigenvalue weighted by Gasteiger charge is 2.23. The van der Waals surface area contributed by atoms with Crippen molar-refractivity contribution in [2.24, 2.45) is 0 Å². The van der Waals surface area contributed by atoms with Crippen LogP contribution in [0.1, 0.15) is 46.1 Å². The molecule has 0 bridgehead atoms. The number of rotatable bonds is 7. The van der Waals surface area contributed by atoms with Gasteiger partial charge in [0.25, 0.3) is 0 Å². The van der Waals surface area contributed by atoms with E-state index in [1.54, 1.807) is 0 Å². The van der Waals surface area contributed by atoms with Gasteiger partial charge >= 0.3 is 0 Å². The number of β-amino-alcohol motifs (C(OH)–C–C–N with tert-alkyl or cyclic N) is 1. The number of aryl methyl sites for hydroxylation is 1. The molecule has 0 radical (unpaired) electrons. The van der Waals surface area contributed by atoms with E-state index in [0.29, 0.717) is 6.54 Å². The summed E-state index contributed by atoms with van der Waals surface area (Å²) < 4.78 is 0. The van der Waals surface area contributed by atoms with Crippen LogP contribution in [-0.2, 0) is 6.42 Å². The molecule has 2 nitrogen and oxygen atoms in total. The second-order valence-electron chi connectivity index (χ2n) is 6.07. The molecule has 2 heteroatoms. The molecule has 18 heavy (non-hydrogen) atoms. The van der Waals surface area contributed by atoms with Crippen LogP contribution in [0.15, 0.2) is 30.3 Å². The van der Waals surface area contributed by atoms with Gasteiger partial charge in [0.1, 0.15) is 0 Å². The first-order valence-corrected chi connectivity index (χ1v) is 6.86. The summed E-state index contributed by atoms with van der Waals surface area (Å²) in [5, 5.41) is 13.5. The minimum absolute atomic E-state index is 0.0506. The summed E-state index contributed by atoms with van der Waals surface area (Å²) in [4.78, 5) is 0. The maximum Gasteiger partial charge on any atom is 0.0741 e. The normalized spacial score (nSPS) is 15.4. The average molecular weight is 249 g/mol. The molecular formula is C16H27NO. The lowest BCUT2D eigenvalue weighted by atomic mass is 9.93. The van der Waals surface area contributed by atoms with Crippen LogP contribution in [0.3, 0.4) is 0 Å². The molecule has 0 saturated carbocycles. The molecule has 0 aliphatic carbocycles. The topological polar surface area (TPSA) is 32.3 Å². The minimum atomic E-state index is -0.607. The second-order valence-corrected chi connectivity index (χ2v) is 6.07. The van der Waals surface area contributed by atoms with Gasteiger partial charge in [0, 0.05) is 12.1 Å². The van der Waals surface area contributed by atoms with E-state index < -0.39 is 5.60 Å². The standard InChI is InChI=1S/C16H27NO/c1-5-16(4,18)13-17-15(2,3)12-11-14-9-7-6-8-10-14/h6-10,17-18H,5,11-13H2,1-4H3. The van der Waals surface area contributed by atoms with Crippen LogP contribution in [0, 0.1) is 0 Å². The molecule has 0 aliphatic rings. The third-order valence-corrected chi connectivity index (χ3v) is 3.59. The zero-order valence-corrected chi connectivity index (χ0v) is 12.2. The van der Waals surface area contributed by atoms with E-state index in [-0.39, 0.29) is 5.54 Å². The number of benzene rings is 1. The van der Waals surface area contributed by atoms with Crippen molar-refractivity contribution in [3.63, 3.8) is 0 Å². The number of hydrogen-bond acceptors (Lipinski definition) is 2. The second kappa shape index (κ2) is 6.35. The fraction of sp³-hybridized carbons (Fsp3) is 0.625. The average Bonchev–Trinajstić information content (AvgIpc) is 2.36. The molecule has 1 unspecified atom stereocenters. The summed E-state index contributed by atoms with van der Waals surface area (Å²) in [6.45, 7) is 8.93. The van der Waals surface area contributed by atoms with E-state index in [0.717, 1.165) is 19.3 Å². The molecule has 0 aromatic heterocycles. The quantitative estimate of drug-likeness (QED) is 0.778. The Hall–Kier alpha value is -0.860. The molecule has 0 fully saturated rings. The first-order chi connectivity index (χ1) is 8.35. The van der Waals surface area contributed by atoms with Crippen molar-refractivity contribution in [3.8, 4) is 0 Å². The van der Waals surface area contributed by atoms with Crippen LogP contribution in [0.4, 0.5) is 0 Å². The highest BCUT2D eigenvalue weighted by Crippen LogP contribution is 2.15. The lowest BCUT2D eigenvalue weighted by Crippen LogP contribution is -2.47. The summed E-state index contributed by atoms with van der Waals surface area (Å²) in [7, 11) is 0. The van der Waals surface area contributed by atoms with Crippen LogP contribution >= 0.6 is 0 Å². The lowest BCUT2D eigenvalue weighted by Gasteiger charge is -2.31. The van der Waals surface area contributed by atoms with Crippen LogP contribution < -0.4 is 5.32 Å². The summed E-state index contributed by atoms with van der Waals surface area (Å²) in [5.41, 5.74) is 0.813. The van der Waals surface area contributed by atoms with Crippen molar-refractivity contribution < 1.29 is 5.11 Å². The van der Waals surface area contributed by atoms with Gasteiger partial charge in [-0.2, -0.15) is 0 Å². The van der Waals surface area contributed by atoms with Crippen molar-refractivity contribution in [2.75, 3.05) is 6.54 Å². The van der Waals surface area contributed by atoms with Crippen LogP contribution in [-0.4, -0.2) is 22.8 Å². The van der Waals surface area contributed by atoms with E-state index in [1.807, 2.05) is 19.9 Å². The maximum absolute atomic E-state index is 10.0. The molecule has 2 N–H and O–H groups in total.